The molecule has 0 amide bonds. The highest BCUT2D eigenvalue weighted by atomic mass is 32.1. The summed E-state index contributed by atoms with van der Waals surface area (Å²) in [6, 6.07) is 48.7. The van der Waals surface area contributed by atoms with Crippen molar-refractivity contribution in [1.82, 2.24) is 19.5 Å². The molecule has 0 saturated carbocycles. The summed E-state index contributed by atoms with van der Waals surface area (Å²) in [7, 11) is -0.431. The highest BCUT2D eigenvalue weighted by Gasteiger charge is 2.51. The van der Waals surface area contributed by atoms with Gasteiger partial charge in [-0.3, -0.25) is 0 Å². The number of rotatable bonds is 5. The van der Waals surface area contributed by atoms with Gasteiger partial charge in [-0.2, -0.15) is 0 Å². The summed E-state index contributed by atoms with van der Waals surface area (Å²) < 4.78 is 17.5. The van der Waals surface area contributed by atoms with Crippen LogP contribution in [0, 0.1) is 0 Å². The fourth-order valence-electron chi connectivity index (χ4n) is 7.42. The van der Waals surface area contributed by atoms with E-state index in [1.807, 2.05) is 18.2 Å². The van der Waals surface area contributed by atoms with E-state index in [9.17, 15) is 0 Å². The van der Waals surface area contributed by atoms with Crippen LogP contribution in [-0.4, -0.2) is 37.8 Å². The van der Waals surface area contributed by atoms with Crippen LogP contribution in [0.15, 0.2) is 140 Å². The largest absolute Gasteiger partial charge is 0.494 e. The molecular formula is C45H35BN4O2S. The van der Waals surface area contributed by atoms with Crippen molar-refractivity contribution in [3.05, 3.63) is 140 Å². The smallest absolute Gasteiger partial charge is 0.399 e. The summed E-state index contributed by atoms with van der Waals surface area (Å²) in [5.41, 5.74) is 6.39. The van der Waals surface area contributed by atoms with Gasteiger partial charge in [-0.05, 0) is 74.9 Å². The first-order valence-corrected chi connectivity index (χ1v) is 18.8. The normalized spacial score (nSPS) is 15.3. The molecular weight excluding hydrogens is 671 g/mol. The number of benzene rings is 6. The van der Waals surface area contributed by atoms with Crippen molar-refractivity contribution >= 4 is 65.9 Å². The van der Waals surface area contributed by atoms with Gasteiger partial charge >= 0.3 is 7.12 Å². The van der Waals surface area contributed by atoms with Gasteiger partial charge < -0.3 is 13.9 Å². The number of para-hydroxylation sites is 2. The molecule has 0 unspecified atom stereocenters. The second kappa shape index (κ2) is 11.9. The van der Waals surface area contributed by atoms with Gasteiger partial charge in [0.05, 0.1) is 22.2 Å². The number of nitrogens with zero attached hydrogens (tertiary/aromatic N) is 4. The molecule has 9 aromatic rings. The quantitative estimate of drug-likeness (QED) is 0.167. The van der Waals surface area contributed by atoms with Crippen molar-refractivity contribution in [2.45, 2.75) is 38.9 Å². The Hall–Kier alpha value is -5.67. The molecule has 0 N–H and O–H groups in total. The van der Waals surface area contributed by atoms with Crippen LogP contribution in [0.4, 0.5) is 0 Å². The average molecular weight is 707 g/mol. The van der Waals surface area contributed by atoms with Gasteiger partial charge in [0.2, 0.25) is 0 Å². The topological polar surface area (TPSA) is 62.1 Å². The lowest BCUT2D eigenvalue weighted by molar-refractivity contribution is 0.00578. The Morgan fingerprint density at radius 1 is 0.528 bits per heavy atom. The zero-order chi connectivity index (χ0) is 35.9. The van der Waals surface area contributed by atoms with E-state index in [1.165, 1.54) is 15.5 Å². The zero-order valence-electron chi connectivity index (χ0n) is 29.9. The molecule has 0 spiro atoms. The van der Waals surface area contributed by atoms with Gasteiger partial charge in [-0.15, -0.1) is 11.3 Å². The van der Waals surface area contributed by atoms with Gasteiger partial charge in [-0.25, -0.2) is 15.0 Å². The molecule has 1 fully saturated rings. The van der Waals surface area contributed by atoms with E-state index in [0.717, 1.165) is 54.3 Å². The maximum Gasteiger partial charge on any atom is 0.494 e. The van der Waals surface area contributed by atoms with E-state index in [4.69, 9.17) is 24.3 Å². The van der Waals surface area contributed by atoms with Gasteiger partial charge in [-0.1, -0.05) is 103 Å². The molecule has 256 valence electrons. The van der Waals surface area contributed by atoms with Gasteiger partial charge in [0.15, 0.2) is 17.5 Å². The van der Waals surface area contributed by atoms with E-state index < -0.39 is 18.3 Å². The Kier molecular flexibility index (Phi) is 7.21. The molecule has 53 heavy (non-hydrogen) atoms. The zero-order valence-corrected chi connectivity index (χ0v) is 30.7. The first kappa shape index (κ1) is 32.0. The van der Waals surface area contributed by atoms with E-state index in [2.05, 4.69) is 154 Å². The van der Waals surface area contributed by atoms with Crippen LogP contribution in [0.25, 0.3) is 81.8 Å². The van der Waals surface area contributed by atoms with Crippen LogP contribution in [0.5, 0.6) is 0 Å². The number of fused-ring (bicyclic) bond motifs is 6. The minimum atomic E-state index is -0.431. The van der Waals surface area contributed by atoms with Crippen LogP contribution in [-0.2, 0) is 9.31 Å². The van der Waals surface area contributed by atoms with Gasteiger partial charge in [0.25, 0.3) is 0 Å². The molecule has 10 rings (SSSR count). The average Bonchev–Trinajstić information content (AvgIpc) is 3.80. The minimum Gasteiger partial charge on any atom is -0.399 e. The Balaban J connectivity index is 1.15. The maximum atomic E-state index is 6.42. The molecule has 8 heteroatoms. The molecule has 0 radical (unpaired) electrons. The molecule has 0 atom stereocenters. The summed E-state index contributed by atoms with van der Waals surface area (Å²) in [5, 5.41) is 4.70. The number of hydrogen-bond acceptors (Lipinski definition) is 6. The molecule has 6 nitrogen and oxygen atoms in total. The van der Waals surface area contributed by atoms with Crippen LogP contribution in [0.3, 0.4) is 0 Å². The SMILES string of the molecule is CC1(C)OB(c2ccc3sc4c(-c5nc(-c6ccccc6)nc(-c6ccc7c8ccccc8n(-c8ccccc8)c7c6)n5)cccc4c3c2)OC1(C)C. The summed E-state index contributed by atoms with van der Waals surface area (Å²) in [6.45, 7) is 8.36. The van der Waals surface area contributed by atoms with Crippen molar-refractivity contribution in [1.29, 1.82) is 0 Å². The third kappa shape index (κ3) is 5.20. The summed E-state index contributed by atoms with van der Waals surface area (Å²) >= 11 is 1.76. The van der Waals surface area contributed by atoms with Crippen molar-refractivity contribution in [2.75, 3.05) is 0 Å². The molecule has 0 aliphatic carbocycles. The molecule has 6 aromatic carbocycles. The molecule has 0 bridgehead atoms. The standard InChI is InChI=1S/C45H35BN4O2S/c1-44(2)45(3,4)52-46(51-44)30-23-25-39-36(27-30)34-19-13-20-35(40(34)53-39)43-48-41(28-14-7-5-8-15-28)47-42(49-43)29-22-24-33-32-18-11-12-21-37(32)50(38(33)26-29)31-16-9-6-10-17-31/h5-27H,1-4H3. The Morgan fingerprint density at radius 3 is 1.94 bits per heavy atom. The predicted octanol–water partition coefficient (Wildman–Crippen LogP) is 10.6. The van der Waals surface area contributed by atoms with Gasteiger partial charge in [0.1, 0.15) is 0 Å². The lowest BCUT2D eigenvalue weighted by Crippen LogP contribution is -2.41. The Bertz CT molecular complexity index is 2850. The summed E-state index contributed by atoms with van der Waals surface area (Å²) in [5.74, 6) is 1.90. The van der Waals surface area contributed by atoms with E-state index in [0.29, 0.717) is 17.5 Å². The number of hydrogen-bond donors (Lipinski definition) is 0. The van der Waals surface area contributed by atoms with Crippen molar-refractivity contribution in [2.24, 2.45) is 0 Å². The van der Waals surface area contributed by atoms with Crippen LogP contribution < -0.4 is 5.46 Å². The van der Waals surface area contributed by atoms with E-state index in [-0.39, 0.29) is 0 Å². The Morgan fingerprint density at radius 2 is 1.17 bits per heavy atom. The summed E-state index contributed by atoms with van der Waals surface area (Å²) in [4.78, 5) is 15.5. The highest BCUT2D eigenvalue weighted by Crippen LogP contribution is 2.41. The molecule has 1 aliphatic rings. The second-order valence-electron chi connectivity index (χ2n) is 14.7. The molecule has 4 heterocycles. The van der Waals surface area contributed by atoms with E-state index in [1.54, 1.807) is 11.3 Å². The van der Waals surface area contributed by atoms with Gasteiger partial charge in [0, 0.05) is 47.9 Å². The first-order chi connectivity index (χ1) is 25.7. The van der Waals surface area contributed by atoms with E-state index >= 15 is 0 Å². The lowest BCUT2D eigenvalue weighted by atomic mass is 9.78. The summed E-state index contributed by atoms with van der Waals surface area (Å²) in [6.07, 6.45) is 0. The second-order valence-corrected chi connectivity index (χ2v) is 15.8. The third-order valence-electron chi connectivity index (χ3n) is 10.9. The molecule has 1 saturated heterocycles. The minimum absolute atomic E-state index is 0.411. The van der Waals surface area contributed by atoms with Crippen molar-refractivity contribution in [3.8, 4) is 39.9 Å². The van der Waals surface area contributed by atoms with Crippen LogP contribution in [0.1, 0.15) is 27.7 Å². The van der Waals surface area contributed by atoms with Crippen LogP contribution in [0.2, 0.25) is 0 Å². The fraction of sp³-hybridized carbons (Fsp3) is 0.133. The maximum absolute atomic E-state index is 6.42. The number of thiophene rings is 1. The molecule has 1 aliphatic heterocycles. The predicted molar refractivity (Wildman–Crippen MR) is 219 cm³/mol. The lowest BCUT2D eigenvalue weighted by Gasteiger charge is -2.32. The highest BCUT2D eigenvalue weighted by molar-refractivity contribution is 7.26. The van der Waals surface area contributed by atoms with Crippen molar-refractivity contribution < 1.29 is 9.31 Å². The van der Waals surface area contributed by atoms with Crippen molar-refractivity contribution in [3.63, 3.8) is 0 Å². The first-order valence-electron chi connectivity index (χ1n) is 18.0. The van der Waals surface area contributed by atoms with Crippen LogP contribution >= 0.6 is 11.3 Å². The number of aromatic nitrogens is 4. The molecule has 3 aromatic heterocycles. The third-order valence-corrected chi connectivity index (χ3v) is 12.1. The fourth-order valence-corrected chi connectivity index (χ4v) is 8.62. The monoisotopic (exact) mass is 706 g/mol. The Labute approximate surface area is 311 Å².